The molecule has 0 saturated heterocycles. The average Bonchev–Trinajstić information content (AvgIpc) is 2.60. The van der Waals surface area contributed by atoms with Crippen LogP contribution in [0.2, 0.25) is 0 Å². The number of aromatic nitrogens is 2. The number of carbonyl (C=O) groups excluding carboxylic acids is 3. The number of anilines is 2. The van der Waals surface area contributed by atoms with Crippen molar-refractivity contribution in [2.45, 2.75) is 6.92 Å². The maximum atomic E-state index is 12.0. The van der Waals surface area contributed by atoms with Gasteiger partial charge in [0.2, 0.25) is 11.8 Å². The zero-order valence-corrected chi connectivity index (χ0v) is 13.7. The van der Waals surface area contributed by atoms with Crippen LogP contribution in [-0.4, -0.2) is 41.3 Å². The summed E-state index contributed by atoms with van der Waals surface area (Å²) in [6.45, 7) is 1.12. The van der Waals surface area contributed by atoms with Crippen molar-refractivity contribution in [3.8, 4) is 5.75 Å². The summed E-state index contributed by atoms with van der Waals surface area (Å²) in [5.74, 6) is -0.792. The Kier molecular flexibility index (Phi) is 5.99. The first-order chi connectivity index (χ1) is 12.0. The van der Waals surface area contributed by atoms with Gasteiger partial charge < -0.3 is 20.7 Å². The van der Waals surface area contributed by atoms with Crippen molar-refractivity contribution in [1.82, 2.24) is 15.3 Å². The molecule has 0 atom stereocenters. The Balaban J connectivity index is 1.99. The van der Waals surface area contributed by atoms with E-state index in [1.807, 2.05) is 0 Å². The second-order valence-electron chi connectivity index (χ2n) is 4.92. The minimum absolute atomic E-state index is 0.112. The third-order valence-corrected chi connectivity index (χ3v) is 3.00. The van der Waals surface area contributed by atoms with Crippen LogP contribution in [0.15, 0.2) is 36.8 Å². The molecule has 1 aromatic heterocycles. The van der Waals surface area contributed by atoms with Crippen LogP contribution >= 0.6 is 0 Å². The first kappa shape index (κ1) is 17.9. The molecule has 0 aliphatic heterocycles. The number of carbonyl (C=O) groups is 3. The second kappa shape index (κ2) is 8.39. The molecule has 0 unspecified atom stereocenters. The summed E-state index contributed by atoms with van der Waals surface area (Å²) in [5, 5.41) is 7.67. The van der Waals surface area contributed by atoms with Gasteiger partial charge in [-0.1, -0.05) is 0 Å². The highest BCUT2D eigenvalue weighted by Crippen LogP contribution is 2.27. The smallest absolute Gasteiger partial charge is 0.271 e. The molecular weight excluding hydrogens is 326 g/mol. The molecule has 1 aromatic carbocycles. The van der Waals surface area contributed by atoms with Crippen LogP contribution < -0.4 is 20.7 Å². The number of amides is 3. The fourth-order valence-electron chi connectivity index (χ4n) is 1.95. The number of benzene rings is 1. The molecule has 1 heterocycles. The van der Waals surface area contributed by atoms with Gasteiger partial charge in [0.15, 0.2) is 0 Å². The lowest BCUT2D eigenvalue weighted by atomic mass is 10.2. The molecule has 25 heavy (non-hydrogen) atoms. The molecule has 0 aliphatic rings. The van der Waals surface area contributed by atoms with E-state index in [4.69, 9.17) is 4.74 Å². The standard InChI is InChI=1S/C16H17N5O4/c1-10(22)20-11-3-4-14(25-2)12(7-11)21-15(23)9-19-16(24)13-8-17-5-6-18-13/h3-8H,9H2,1-2H3,(H,19,24)(H,20,22)(H,21,23). The Morgan fingerprint density at radius 1 is 1.16 bits per heavy atom. The van der Waals surface area contributed by atoms with Crippen LogP contribution in [0.4, 0.5) is 11.4 Å². The minimum Gasteiger partial charge on any atom is -0.495 e. The molecule has 130 valence electrons. The number of hydrogen-bond acceptors (Lipinski definition) is 6. The van der Waals surface area contributed by atoms with Gasteiger partial charge in [0.05, 0.1) is 25.5 Å². The highest BCUT2D eigenvalue weighted by molar-refractivity contribution is 5.99. The van der Waals surface area contributed by atoms with E-state index in [1.54, 1.807) is 18.2 Å². The Bertz CT molecular complexity index is 779. The van der Waals surface area contributed by atoms with Crippen molar-refractivity contribution in [1.29, 1.82) is 0 Å². The molecule has 0 spiro atoms. The summed E-state index contributed by atoms with van der Waals surface area (Å²) in [4.78, 5) is 42.6. The molecule has 3 amide bonds. The van der Waals surface area contributed by atoms with E-state index in [9.17, 15) is 14.4 Å². The van der Waals surface area contributed by atoms with Gasteiger partial charge in [0.1, 0.15) is 11.4 Å². The predicted octanol–water partition coefficient (Wildman–Crippen LogP) is 0.812. The lowest BCUT2D eigenvalue weighted by Crippen LogP contribution is -2.33. The van der Waals surface area contributed by atoms with Crippen LogP contribution in [-0.2, 0) is 9.59 Å². The van der Waals surface area contributed by atoms with Gasteiger partial charge in [-0.25, -0.2) is 4.98 Å². The van der Waals surface area contributed by atoms with E-state index in [0.717, 1.165) is 0 Å². The molecule has 3 N–H and O–H groups in total. The predicted molar refractivity (Wildman–Crippen MR) is 90.3 cm³/mol. The number of nitrogens with zero attached hydrogens (tertiary/aromatic N) is 2. The Hall–Kier alpha value is -3.49. The lowest BCUT2D eigenvalue weighted by Gasteiger charge is -2.12. The quantitative estimate of drug-likeness (QED) is 0.713. The maximum Gasteiger partial charge on any atom is 0.271 e. The highest BCUT2D eigenvalue weighted by atomic mass is 16.5. The fourth-order valence-corrected chi connectivity index (χ4v) is 1.95. The molecule has 9 nitrogen and oxygen atoms in total. The van der Waals surface area contributed by atoms with Crippen molar-refractivity contribution in [3.05, 3.63) is 42.5 Å². The molecule has 0 fully saturated rings. The minimum atomic E-state index is -0.512. The number of nitrogens with one attached hydrogen (secondary N) is 3. The first-order valence-electron chi connectivity index (χ1n) is 7.29. The molecule has 0 radical (unpaired) electrons. The van der Waals surface area contributed by atoms with Gasteiger partial charge in [-0.2, -0.15) is 0 Å². The van der Waals surface area contributed by atoms with Crippen molar-refractivity contribution in [3.63, 3.8) is 0 Å². The number of ether oxygens (including phenoxy) is 1. The van der Waals surface area contributed by atoms with Gasteiger partial charge in [-0.15, -0.1) is 0 Å². The molecule has 2 rings (SSSR count). The summed E-state index contributed by atoms with van der Waals surface area (Å²) in [7, 11) is 1.46. The van der Waals surface area contributed by atoms with Gasteiger partial charge in [-0.3, -0.25) is 19.4 Å². The molecular formula is C16H17N5O4. The van der Waals surface area contributed by atoms with Crippen molar-refractivity contribution >= 4 is 29.1 Å². The van der Waals surface area contributed by atoms with Gasteiger partial charge in [0.25, 0.3) is 5.91 Å². The third-order valence-electron chi connectivity index (χ3n) is 3.00. The zero-order valence-electron chi connectivity index (χ0n) is 13.7. The average molecular weight is 343 g/mol. The van der Waals surface area contributed by atoms with Crippen LogP contribution in [0.25, 0.3) is 0 Å². The zero-order chi connectivity index (χ0) is 18.2. The summed E-state index contributed by atoms with van der Waals surface area (Å²) in [6, 6.07) is 4.81. The maximum absolute atomic E-state index is 12.0. The van der Waals surface area contributed by atoms with E-state index in [2.05, 4.69) is 25.9 Å². The summed E-state index contributed by atoms with van der Waals surface area (Å²) in [5.41, 5.74) is 0.986. The van der Waals surface area contributed by atoms with Crippen molar-refractivity contribution < 1.29 is 19.1 Å². The van der Waals surface area contributed by atoms with Crippen molar-refractivity contribution in [2.75, 3.05) is 24.3 Å². The topological polar surface area (TPSA) is 122 Å². The number of hydrogen-bond donors (Lipinski definition) is 3. The molecule has 0 bridgehead atoms. The van der Waals surface area contributed by atoms with Crippen LogP contribution in [0.5, 0.6) is 5.75 Å². The van der Waals surface area contributed by atoms with Crippen LogP contribution in [0, 0.1) is 0 Å². The number of rotatable bonds is 6. The van der Waals surface area contributed by atoms with E-state index in [-0.39, 0.29) is 18.1 Å². The largest absolute Gasteiger partial charge is 0.495 e. The number of methoxy groups -OCH3 is 1. The van der Waals surface area contributed by atoms with E-state index in [0.29, 0.717) is 17.1 Å². The highest BCUT2D eigenvalue weighted by Gasteiger charge is 2.12. The van der Waals surface area contributed by atoms with Gasteiger partial charge in [0, 0.05) is 25.0 Å². The molecule has 0 saturated carbocycles. The molecule has 0 aliphatic carbocycles. The summed E-state index contributed by atoms with van der Waals surface area (Å²) < 4.78 is 5.17. The first-order valence-corrected chi connectivity index (χ1v) is 7.29. The van der Waals surface area contributed by atoms with Gasteiger partial charge in [-0.05, 0) is 18.2 Å². The monoisotopic (exact) mass is 343 g/mol. The lowest BCUT2D eigenvalue weighted by molar-refractivity contribution is -0.115. The third kappa shape index (κ3) is 5.27. The van der Waals surface area contributed by atoms with Gasteiger partial charge >= 0.3 is 0 Å². The Morgan fingerprint density at radius 3 is 2.60 bits per heavy atom. The SMILES string of the molecule is COc1ccc(NC(C)=O)cc1NC(=O)CNC(=O)c1cnccn1. The van der Waals surface area contributed by atoms with Crippen LogP contribution in [0.3, 0.4) is 0 Å². The van der Waals surface area contributed by atoms with E-state index in [1.165, 1.54) is 32.6 Å². The second-order valence-corrected chi connectivity index (χ2v) is 4.92. The molecule has 9 heteroatoms. The van der Waals surface area contributed by atoms with E-state index >= 15 is 0 Å². The molecule has 2 aromatic rings. The Labute approximate surface area is 143 Å². The summed E-state index contributed by atoms with van der Waals surface area (Å²) in [6.07, 6.45) is 4.12. The van der Waals surface area contributed by atoms with Crippen molar-refractivity contribution in [2.24, 2.45) is 0 Å². The Morgan fingerprint density at radius 2 is 1.96 bits per heavy atom. The summed E-state index contributed by atoms with van der Waals surface area (Å²) >= 11 is 0. The van der Waals surface area contributed by atoms with Crippen LogP contribution in [0.1, 0.15) is 17.4 Å². The van der Waals surface area contributed by atoms with E-state index < -0.39 is 11.8 Å². The normalized spacial score (nSPS) is 9.84. The fraction of sp³-hybridized carbons (Fsp3) is 0.188.